The number of carbonyl (C=O) groups is 2. The van der Waals surface area contributed by atoms with Crippen LogP contribution in [0.5, 0.6) is 11.5 Å². The minimum Gasteiger partial charge on any atom is -0.503 e. The van der Waals surface area contributed by atoms with Gasteiger partial charge in [-0.15, -0.1) is 11.3 Å². The largest absolute Gasteiger partial charge is 0.503 e. The number of amides is 1. The Morgan fingerprint density at radius 3 is 2.66 bits per heavy atom. The lowest BCUT2D eigenvalue weighted by Gasteiger charge is -2.28. The van der Waals surface area contributed by atoms with E-state index in [0.717, 1.165) is 13.0 Å². The molecule has 1 atom stereocenters. The molecule has 0 unspecified atom stereocenters. The van der Waals surface area contributed by atoms with Crippen LogP contribution in [0.3, 0.4) is 0 Å². The van der Waals surface area contributed by atoms with E-state index < -0.39 is 17.7 Å². The van der Waals surface area contributed by atoms with E-state index in [1.54, 1.807) is 41.7 Å². The third-order valence-electron chi connectivity index (χ3n) is 5.26. The number of aliphatic hydroxyl groups is 1. The van der Waals surface area contributed by atoms with Crippen molar-refractivity contribution < 1.29 is 24.2 Å². The SMILES string of the molecule is CCCOc1ccc([C@H]2C(C(=O)c3cccs3)=C(O)C(=O)N2CCCN(C)C)cc1OC. The predicted molar refractivity (Wildman–Crippen MR) is 125 cm³/mol. The molecule has 1 N–H and O–H groups in total. The van der Waals surface area contributed by atoms with Crippen LogP contribution in [0.4, 0.5) is 0 Å². The van der Waals surface area contributed by atoms with Crippen LogP contribution in [0.15, 0.2) is 47.0 Å². The lowest BCUT2D eigenvalue weighted by molar-refractivity contribution is -0.129. The number of hydrogen-bond acceptors (Lipinski definition) is 7. The molecule has 1 aromatic carbocycles. The molecule has 0 saturated carbocycles. The molecule has 2 heterocycles. The van der Waals surface area contributed by atoms with Crippen molar-refractivity contribution in [2.24, 2.45) is 0 Å². The summed E-state index contributed by atoms with van der Waals surface area (Å²) in [6.07, 6.45) is 1.57. The van der Waals surface area contributed by atoms with Crippen molar-refractivity contribution in [3.05, 3.63) is 57.5 Å². The van der Waals surface area contributed by atoms with Gasteiger partial charge in [0.25, 0.3) is 5.91 Å². The van der Waals surface area contributed by atoms with E-state index in [0.29, 0.717) is 41.5 Å². The molecule has 0 spiro atoms. The molecular formula is C24H30N2O5S. The first kappa shape index (κ1) is 23.8. The number of ether oxygens (including phenoxy) is 2. The maximum Gasteiger partial charge on any atom is 0.290 e. The molecule has 172 valence electrons. The summed E-state index contributed by atoms with van der Waals surface area (Å²) in [7, 11) is 5.48. The zero-order valence-electron chi connectivity index (χ0n) is 19.0. The third-order valence-corrected chi connectivity index (χ3v) is 6.13. The van der Waals surface area contributed by atoms with Crippen molar-refractivity contribution in [1.29, 1.82) is 0 Å². The highest BCUT2D eigenvalue weighted by molar-refractivity contribution is 7.12. The van der Waals surface area contributed by atoms with Crippen molar-refractivity contribution >= 4 is 23.0 Å². The number of thiophene rings is 1. The van der Waals surface area contributed by atoms with Gasteiger partial charge in [-0.05, 0) is 62.6 Å². The van der Waals surface area contributed by atoms with Gasteiger partial charge in [-0.25, -0.2) is 0 Å². The Hall–Kier alpha value is -2.84. The number of aliphatic hydroxyl groups excluding tert-OH is 1. The van der Waals surface area contributed by atoms with Gasteiger partial charge in [0, 0.05) is 6.54 Å². The predicted octanol–water partition coefficient (Wildman–Crippen LogP) is 4.08. The quantitative estimate of drug-likeness (QED) is 0.511. The number of nitrogens with zero attached hydrogens (tertiary/aromatic N) is 2. The highest BCUT2D eigenvalue weighted by atomic mass is 32.1. The Bertz CT molecular complexity index is 984. The summed E-state index contributed by atoms with van der Waals surface area (Å²) >= 11 is 1.28. The molecule has 0 bridgehead atoms. The van der Waals surface area contributed by atoms with Gasteiger partial charge < -0.3 is 24.4 Å². The lowest BCUT2D eigenvalue weighted by atomic mass is 9.95. The topological polar surface area (TPSA) is 79.3 Å². The second kappa shape index (κ2) is 10.7. The molecule has 0 aliphatic carbocycles. The van der Waals surface area contributed by atoms with E-state index in [-0.39, 0.29) is 11.4 Å². The van der Waals surface area contributed by atoms with Gasteiger partial charge in [0.1, 0.15) is 0 Å². The fourth-order valence-electron chi connectivity index (χ4n) is 3.75. The molecule has 1 aliphatic rings. The fourth-order valence-corrected chi connectivity index (χ4v) is 4.42. The second-order valence-corrected chi connectivity index (χ2v) is 8.83. The van der Waals surface area contributed by atoms with Gasteiger partial charge in [-0.2, -0.15) is 0 Å². The van der Waals surface area contributed by atoms with Crippen LogP contribution in [0, 0.1) is 0 Å². The monoisotopic (exact) mass is 458 g/mol. The minimum atomic E-state index is -0.701. The van der Waals surface area contributed by atoms with Gasteiger partial charge in [0.05, 0.1) is 30.2 Å². The summed E-state index contributed by atoms with van der Waals surface area (Å²) in [5, 5.41) is 12.5. The zero-order valence-corrected chi connectivity index (χ0v) is 19.8. The molecule has 2 aromatic rings. The Kier molecular flexibility index (Phi) is 7.93. The van der Waals surface area contributed by atoms with Crippen LogP contribution in [0.25, 0.3) is 0 Å². The number of benzene rings is 1. The number of methoxy groups -OCH3 is 1. The van der Waals surface area contributed by atoms with Gasteiger partial charge in [-0.1, -0.05) is 19.1 Å². The van der Waals surface area contributed by atoms with E-state index in [1.807, 2.05) is 32.0 Å². The van der Waals surface area contributed by atoms with Crippen molar-refractivity contribution in [3.8, 4) is 11.5 Å². The highest BCUT2D eigenvalue weighted by Crippen LogP contribution is 2.42. The van der Waals surface area contributed by atoms with Gasteiger partial charge in [0.15, 0.2) is 17.3 Å². The Morgan fingerprint density at radius 1 is 1.25 bits per heavy atom. The second-order valence-electron chi connectivity index (χ2n) is 7.89. The molecule has 32 heavy (non-hydrogen) atoms. The number of rotatable bonds is 11. The Labute approximate surface area is 192 Å². The van der Waals surface area contributed by atoms with E-state index in [1.165, 1.54) is 11.3 Å². The first-order valence-corrected chi connectivity index (χ1v) is 11.5. The molecule has 8 heteroatoms. The zero-order chi connectivity index (χ0) is 23.3. The van der Waals surface area contributed by atoms with Gasteiger partial charge in [0.2, 0.25) is 5.78 Å². The van der Waals surface area contributed by atoms with Crippen LogP contribution < -0.4 is 9.47 Å². The van der Waals surface area contributed by atoms with Crippen LogP contribution in [0.2, 0.25) is 0 Å². The molecular weight excluding hydrogens is 428 g/mol. The molecule has 7 nitrogen and oxygen atoms in total. The highest BCUT2D eigenvalue weighted by Gasteiger charge is 2.44. The summed E-state index contributed by atoms with van der Waals surface area (Å²) in [6, 6.07) is 8.17. The maximum atomic E-state index is 13.3. The Morgan fingerprint density at radius 2 is 2.03 bits per heavy atom. The maximum absolute atomic E-state index is 13.3. The van der Waals surface area contributed by atoms with Gasteiger partial charge >= 0.3 is 0 Å². The van der Waals surface area contributed by atoms with Crippen LogP contribution in [0.1, 0.15) is 41.0 Å². The number of hydrogen-bond donors (Lipinski definition) is 1. The van der Waals surface area contributed by atoms with Crippen LogP contribution >= 0.6 is 11.3 Å². The summed E-state index contributed by atoms with van der Waals surface area (Å²) in [5.41, 5.74) is 0.791. The first-order valence-electron chi connectivity index (χ1n) is 10.7. The smallest absolute Gasteiger partial charge is 0.290 e. The number of carbonyl (C=O) groups excluding carboxylic acids is 2. The molecule has 1 amide bonds. The molecule has 1 aromatic heterocycles. The molecule has 3 rings (SSSR count). The Balaban J connectivity index is 2.02. The van der Waals surface area contributed by atoms with Crippen molar-refractivity contribution in [2.75, 3.05) is 40.9 Å². The van der Waals surface area contributed by atoms with Gasteiger partial charge in [-0.3, -0.25) is 9.59 Å². The summed E-state index contributed by atoms with van der Waals surface area (Å²) in [5.74, 6) is -0.231. The summed E-state index contributed by atoms with van der Waals surface area (Å²) in [6.45, 7) is 3.76. The molecule has 0 fully saturated rings. The van der Waals surface area contributed by atoms with Crippen molar-refractivity contribution in [1.82, 2.24) is 9.80 Å². The first-order chi connectivity index (χ1) is 15.4. The van der Waals surface area contributed by atoms with E-state index >= 15 is 0 Å². The van der Waals surface area contributed by atoms with E-state index in [9.17, 15) is 14.7 Å². The van der Waals surface area contributed by atoms with E-state index in [4.69, 9.17) is 9.47 Å². The minimum absolute atomic E-state index is 0.103. The standard InChI is InChI=1S/C24H30N2O5S/c1-5-13-31-17-10-9-16(15-18(17)30-4)21-20(22(27)19-8-6-14-32-19)23(28)24(29)26(21)12-7-11-25(2)3/h6,8-10,14-15,21,28H,5,7,11-13H2,1-4H3/t21-/m0/s1. The van der Waals surface area contributed by atoms with Crippen molar-refractivity contribution in [2.45, 2.75) is 25.8 Å². The fraction of sp³-hybridized carbons (Fsp3) is 0.417. The van der Waals surface area contributed by atoms with E-state index in [2.05, 4.69) is 0 Å². The lowest BCUT2D eigenvalue weighted by Crippen LogP contribution is -2.33. The molecule has 1 aliphatic heterocycles. The molecule has 0 saturated heterocycles. The normalized spacial score (nSPS) is 16.2. The summed E-state index contributed by atoms with van der Waals surface area (Å²) in [4.78, 5) is 30.4. The van der Waals surface area contributed by atoms with Crippen molar-refractivity contribution in [3.63, 3.8) is 0 Å². The molecule has 0 radical (unpaired) electrons. The number of Topliss-reactive ketones (excluding diaryl/α,β-unsaturated/α-hetero) is 1. The van der Waals surface area contributed by atoms with Crippen LogP contribution in [-0.4, -0.2) is 67.5 Å². The van der Waals surface area contributed by atoms with Crippen LogP contribution in [-0.2, 0) is 4.79 Å². The summed E-state index contributed by atoms with van der Waals surface area (Å²) < 4.78 is 11.3. The third kappa shape index (κ3) is 4.97. The average molecular weight is 459 g/mol. The number of ketones is 1. The average Bonchev–Trinajstić information content (AvgIpc) is 3.40.